The van der Waals surface area contributed by atoms with Crippen LogP contribution in [0.15, 0.2) is 18.2 Å². The molecule has 0 atom stereocenters. The predicted molar refractivity (Wildman–Crippen MR) is 75.6 cm³/mol. The van der Waals surface area contributed by atoms with Gasteiger partial charge in [-0.1, -0.05) is 25.0 Å². The van der Waals surface area contributed by atoms with Crippen LogP contribution in [0.1, 0.15) is 36.3 Å². The number of aromatic nitrogens is 1. The fourth-order valence-corrected chi connectivity index (χ4v) is 3.10. The Bertz CT molecular complexity index is 476. The highest BCUT2D eigenvalue weighted by molar-refractivity contribution is 7.18. The molecule has 1 aromatic carbocycles. The second kappa shape index (κ2) is 6.12. The van der Waals surface area contributed by atoms with Crippen molar-refractivity contribution in [1.29, 1.82) is 0 Å². The summed E-state index contributed by atoms with van der Waals surface area (Å²) in [6, 6.07) is 6.41. The van der Waals surface area contributed by atoms with E-state index >= 15 is 0 Å². The van der Waals surface area contributed by atoms with E-state index in [4.69, 9.17) is 10.7 Å². The third kappa shape index (κ3) is 3.27. The second-order valence-corrected chi connectivity index (χ2v) is 5.60. The highest BCUT2D eigenvalue weighted by Gasteiger charge is 2.05. The minimum Gasteiger partial charge on any atom is -0.330 e. The van der Waals surface area contributed by atoms with E-state index in [1.165, 1.54) is 40.1 Å². The maximum absolute atomic E-state index is 5.48. The number of aryl methyl sites for hydroxylation is 2. The lowest BCUT2D eigenvalue weighted by Gasteiger charge is -1.97. The van der Waals surface area contributed by atoms with Crippen LogP contribution in [0.3, 0.4) is 0 Å². The minimum absolute atomic E-state index is 0.820. The molecule has 3 heteroatoms. The van der Waals surface area contributed by atoms with E-state index in [1.54, 1.807) is 0 Å². The van der Waals surface area contributed by atoms with Crippen molar-refractivity contribution in [3.63, 3.8) is 0 Å². The molecular weight excluding hydrogens is 228 g/mol. The van der Waals surface area contributed by atoms with E-state index in [2.05, 4.69) is 25.1 Å². The topological polar surface area (TPSA) is 38.9 Å². The minimum atomic E-state index is 0.820. The largest absolute Gasteiger partial charge is 0.330 e. The number of thiazole rings is 1. The van der Waals surface area contributed by atoms with Gasteiger partial charge in [0, 0.05) is 0 Å². The average Bonchev–Trinajstić information content (AvgIpc) is 2.73. The van der Waals surface area contributed by atoms with Gasteiger partial charge in [-0.3, -0.25) is 0 Å². The molecule has 2 nitrogen and oxygen atoms in total. The first kappa shape index (κ1) is 12.5. The number of unbranched alkanes of at least 4 members (excludes halogenated alkanes) is 3. The molecule has 17 heavy (non-hydrogen) atoms. The monoisotopic (exact) mass is 248 g/mol. The van der Waals surface area contributed by atoms with E-state index in [-0.39, 0.29) is 0 Å². The normalized spacial score (nSPS) is 11.2. The Labute approximate surface area is 107 Å². The zero-order chi connectivity index (χ0) is 12.1. The fraction of sp³-hybridized carbons (Fsp3) is 0.500. The van der Waals surface area contributed by atoms with Gasteiger partial charge in [-0.2, -0.15) is 0 Å². The lowest BCUT2D eigenvalue weighted by Crippen LogP contribution is -1.97. The molecule has 92 valence electrons. The summed E-state index contributed by atoms with van der Waals surface area (Å²) < 4.78 is 1.32. The SMILES string of the molecule is Cc1cccc2sc(CCCCCCN)nc12. The van der Waals surface area contributed by atoms with Crippen molar-refractivity contribution in [3.8, 4) is 0 Å². The summed E-state index contributed by atoms with van der Waals surface area (Å²) in [5.41, 5.74) is 7.95. The Kier molecular flexibility index (Phi) is 4.51. The molecule has 1 heterocycles. The standard InChI is InChI=1S/C14H20N2S/c1-11-7-6-8-12-14(11)16-13(17-12)9-4-2-3-5-10-15/h6-8H,2-5,9-10,15H2,1H3. The van der Waals surface area contributed by atoms with Gasteiger partial charge in [-0.25, -0.2) is 4.98 Å². The Morgan fingerprint density at radius 1 is 1.18 bits per heavy atom. The number of fused-ring (bicyclic) bond motifs is 1. The van der Waals surface area contributed by atoms with Crippen molar-refractivity contribution in [2.75, 3.05) is 6.54 Å². The lowest BCUT2D eigenvalue weighted by molar-refractivity contribution is 0.646. The first-order chi connectivity index (χ1) is 8.31. The number of nitrogens with zero attached hydrogens (tertiary/aromatic N) is 1. The van der Waals surface area contributed by atoms with Crippen LogP contribution in [0.2, 0.25) is 0 Å². The Hall–Kier alpha value is -0.930. The van der Waals surface area contributed by atoms with Crippen molar-refractivity contribution < 1.29 is 0 Å². The van der Waals surface area contributed by atoms with Gasteiger partial charge >= 0.3 is 0 Å². The first-order valence-electron chi connectivity index (χ1n) is 6.36. The van der Waals surface area contributed by atoms with Gasteiger partial charge in [0.1, 0.15) is 0 Å². The summed E-state index contributed by atoms with van der Waals surface area (Å²) in [5, 5.41) is 1.28. The number of hydrogen-bond donors (Lipinski definition) is 1. The van der Waals surface area contributed by atoms with Gasteiger partial charge < -0.3 is 5.73 Å². The van der Waals surface area contributed by atoms with Crippen molar-refractivity contribution >= 4 is 21.6 Å². The molecule has 2 aromatic rings. The second-order valence-electron chi connectivity index (χ2n) is 4.48. The molecule has 0 bridgehead atoms. The number of nitrogens with two attached hydrogens (primary N) is 1. The van der Waals surface area contributed by atoms with Gasteiger partial charge in [0.05, 0.1) is 15.2 Å². The van der Waals surface area contributed by atoms with Gasteiger partial charge in [-0.15, -0.1) is 11.3 Å². The molecule has 0 saturated carbocycles. The summed E-state index contributed by atoms with van der Waals surface area (Å²) in [4.78, 5) is 4.72. The van der Waals surface area contributed by atoms with E-state index < -0.39 is 0 Å². The van der Waals surface area contributed by atoms with Crippen LogP contribution in [-0.2, 0) is 6.42 Å². The van der Waals surface area contributed by atoms with Crippen LogP contribution in [0.4, 0.5) is 0 Å². The molecule has 0 aliphatic carbocycles. The van der Waals surface area contributed by atoms with Crippen LogP contribution in [0, 0.1) is 6.92 Å². The number of rotatable bonds is 6. The summed E-state index contributed by atoms with van der Waals surface area (Å²) in [6.07, 6.45) is 6.02. The quantitative estimate of drug-likeness (QED) is 0.792. The fourth-order valence-electron chi connectivity index (χ4n) is 2.01. The van der Waals surface area contributed by atoms with Gasteiger partial charge in [0.15, 0.2) is 0 Å². The smallest absolute Gasteiger partial charge is 0.0938 e. The van der Waals surface area contributed by atoms with Crippen molar-refractivity contribution in [2.24, 2.45) is 5.73 Å². The highest BCUT2D eigenvalue weighted by atomic mass is 32.1. The molecule has 0 fully saturated rings. The summed E-state index contributed by atoms with van der Waals surface area (Å²) in [5.74, 6) is 0. The van der Waals surface area contributed by atoms with E-state index in [0.29, 0.717) is 0 Å². The zero-order valence-corrected chi connectivity index (χ0v) is 11.2. The Morgan fingerprint density at radius 2 is 2.00 bits per heavy atom. The van der Waals surface area contributed by atoms with Crippen LogP contribution in [0.5, 0.6) is 0 Å². The van der Waals surface area contributed by atoms with Crippen LogP contribution < -0.4 is 5.73 Å². The average molecular weight is 248 g/mol. The molecule has 1 aromatic heterocycles. The van der Waals surface area contributed by atoms with Gasteiger partial charge in [-0.05, 0) is 44.4 Å². The lowest BCUT2D eigenvalue weighted by atomic mass is 10.1. The summed E-state index contributed by atoms with van der Waals surface area (Å²) >= 11 is 1.84. The molecule has 0 saturated heterocycles. The zero-order valence-electron chi connectivity index (χ0n) is 10.4. The Balaban J connectivity index is 1.93. The highest BCUT2D eigenvalue weighted by Crippen LogP contribution is 2.25. The summed E-state index contributed by atoms with van der Waals surface area (Å²) in [7, 11) is 0. The van der Waals surface area contributed by atoms with E-state index in [1.807, 2.05) is 11.3 Å². The molecule has 0 amide bonds. The molecule has 0 unspecified atom stereocenters. The van der Waals surface area contributed by atoms with Gasteiger partial charge in [0.2, 0.25) is 0 Å². The van der Waals surface area contributed by atoms with Crippen LogP contribution in [0.25, 0.3) is 10.2 Å². The maximum Gasteiger partial charge on any atom is 0.0938 e. The maximum atomic E-state index is 5.48. The van der Waals surface area contributed by atoms with Crippen LogP contribution >= 0.6 is 11.3 Å². The summed E-state index contributed by atoms with van der Waals surface area (Å²) in [6.45, 7) is 2.95. The van der Waals surface area contributed by atoms with Crippen LogP contribution in [-0.4, -0.2) is 11.5 Å². The van der Waals surface area contributed by atoms with Crippen molar-refractivity contribution in [2.45, 2.75) is 39.0 Å². The molecule has 2 N–H and O–H groups in total. The van der Waals surface area contributed by atoms with Crippen molar-refractivity contribution in [1.82, 2.24) is 4.98 Å². The molecule has 2 rings (SSSR count). The predicted octanol–water partition coefficient (Wildman–Crippen LogP) is 3.67. The number of benzene rings is 1. The molecule has 0 spiro atoms. The number of para-hydroxylation sites is 1. The third-order valence-electron chi connectivity index (χ3n) is 3.01. The third-order valence-corrected chi connectivity index (χ3v) is 4.09. The van der Waals surface area contributed by atoms with Gasteiger partial charge in [0.25, 0.3) is 0 Å². The first-order valence-corrected chi connectivity index (χ1v) is 7.18. The van der Waals surface area contributed by atoms with E-state index in [0.717, 1.165) is 19.4 Å². The Morgan fingerprint density at radius 3 is 2.76 bits per heavy atom. The molecular formula is C14H20N2S. The van der Waals surface area contributed by atoms with E-state index in [9.17, 15) is 0 Å². The molecule has 0 radical (unpaired) electrons. The number of hydrogen-bond acceptors (Lipinski definition) is 3. The molecule has 0 aliphatic heterocycles. The van der Waals surface area contributed by atoms with Crippen molar-refractivity contribution in [3.05, 3.63) is 28.8 Å². The molecule has 0 aliphatic rings.